The molecule has 38 heavy (non-hydrogen) atoms. The molecule has 8 nitrogen and oxygen atoms in total. The van der Waals surface area contributed by atoms with E-state index in [4.69, 9.17) is 9.84 Å². The number of fused-ring (bicyclic) bond motifs is 1. The van der Waals surface area contributed by atoms with Crippen LogP contribution in [0.2, 0.25) is 0 Å². The van der Waals surface area contributed by atoms with Gasteiger partial charge in [-0.05, 0) is 79.4 Å². The van der Waals surface area contributed by atoms with Crippen LogP contribution in [0.1, 0.15) is 28.7 Å². The van der Waals surface area contributed by atoms with Gasteiger partial charge in [-0.3, -0.25) is 9.59 Å². The number of aromatic nitrogens is 1. The molecule has 0 fully saturated rings. The molecule has 0 aliphatic heterocycles. The van der Waals surface area contributed by atoms with Gasteiger partial charge in [-0.25, -0.2) is 4.98 Å². The van der Waals surface area contributed by atoms with Crippen LogP contribution < -0.4 is 20.7 Å². The van der Waals surface area contributed by atoms with Gasteiger partial charge in [-0.1, -0.05) is 6.07 Å². The highest BCUT2D eigenvalue weighted by Gasteiger charge is 2.32. The molecule has 1 aliphatic carbocycles. The zero-order valence-electron chi connectivity index (χ0n) is 20.6. The van der Waals surface area contributed by atoms with Crippen molar-refractivity contribution in [3.63, 3.8) is 0 Å². The maximum Gasteiger partial charge on any atom is 0.416 e. The number of amides is 2. The number of halogens is 3. The monoisotopic (exact) mass is 528 g/mol. The molecule has 1 aliphatic rings. The van der Waals surface area contributed by atoms with Gasteiger partial charge in [0.1, 0.15) is 23.9 Å². The Balaban J connectivity index is 1.46. The summed E-state index contributed by atoms with van der Waals surface area (Å²) in [6.07, 6.45) is -1.44. The molecule has 0 spiro atoms. The van der Waals surface area contributed by atoms with Crippen LogP contribution in [-0.2, 0) is 35.2 Å². The Labute approximate surface area is 217 Å². The van der Waals surface area contributed by atoms with Crippen LogP contribution in [0.4, 0.5) is 24.7 Å². The Morgan fingerprint density at radius 1 is 1.05 bits per heavy atom. The summed E-state index contributed by atoms with van der Waals surface area (Å²) in [5.41, 5.74) is 1.70. The van der Waals surface area contributed by atoms with Crippen LogP contribution >= 0.6 is 0 Å². The minimum atomic E-state index is -4.52. The SMILES string of the molecule is CNCc1cc(NC(=O)C2CCc3ccc(Oc4ccnc(NC(=O)CO)c4)cc3C2)cc(C(F)(F)F)c1. The quantitative estimate of drug-likeness (QED) is 0.347. The van der Waals surface area contributed by atoms with Crippen molar-refractivity contribution < 1.29 is 32.6 Å². The summed E-state index contributed by atoms with van der Waals surface area (Å²) >= 11 is 0. The number of hydrogen-bond acceptors (Lipinski definition) is 6. The minimum Gasteiger partial charge on any atom is -0.457 e. The second-order valence-corrected chi connectivity index (χ2v) is 8.99. The van der Waals surface area contributed by atoms with Crippen molar-refractivity contribution >= 4 is 23.3 Å². The molecule has 1 atom stereocenters. The van der Waals surface area contributed by atoms with Gasteiger partial charge in [0.25, 0.3) is 5.91 Å². The number of nitrogens with one attached hydrogen (secondary N) is 3. The zero-order chi connectivity index (χ0) is 27.3. The average molecular weight is 529 g/mol. The molecule has 0 bridgehead atoms. The molecular weight excluding hydrogens is 501 g/mol. The first-order chi connectivity index (χ1) is 18.1. The highest BCUT2D eigenvalue weighted by Crippen LogP contribution is 2.34. The number of carbonyl (C=O) groups excluding carboxylic acids is 2. The molecule has 3 aromatic rings. The van der Waals surface area contributed by atoms with E-state index in [1.807, 2.05) is 12.1 Å². The molecule has 1 heterocycles. The van der Waals surface area contributed by atoms with Crippen LogP contribution in [-0.4, -0.2) is 35.6 Å². The molecule has 11 heteroatoms. The maximum atomic E-state index is 13.4. The van der Waals surface area contributed by atoms with E-state index >= 15 is 0 Å². The van der Waals surface area contributed by atoms with Crippen molar-refractivity contribution in [2.24, 2.45) is 5.92 Å². The third-order valence-electron chi connectivity index (χ3n) is 6.12. The maximum absolute atomic E-state index is 13.4. The smallest absolute Gasteiger partial charge is 0.416 e. The van der Waals surface area contributed by atoms with Crippen molar-refractivity contribution in [1.82, 2.24) is 10.3 Å². The molecule has 1 unspecified atom stereocenters. The minimum absolute atomic E-state index is 0.111. The Bertz CT molecular complexity index is 1330. The lowest BCUT2D eigenvalue weighted by atomic mass is 9.83. The molecule has 0 saturated heterocycles. The van der Waals surface area contributed by atoms with Gasteiger partial charge >= 0.3 is 6.18 Å². The van der Waals surface area contributed by atoms with E-state index in [1.165, 1.54) is 18.3 Å². The topological polar surface area (TPSA) is 113 Å². The van der Waals surface area contributed by atoms with Crippen molar-refractivity contribution in [2.75, 3.05) is 24.3 Å². The summed E-state index contributed by atoms with van der Waals surface area (Å²) in [5.74, 6) is -0.193. The molecule has 0 radical (unpaired) electrons. The number of nitrogens with zero attached hydrogens (tertiary/aromatic N) is 1. The van der Waals surface area contributed by atoms with Crippen LogP contribution in [0.5, 0.6) is 11.5 Å². The van der Waals surface area contributed by atoms with Gasteiger partial charge in [-0.2, -0.15) is 13.2 Å². The summed E-state index contributed by atoms with van der Waals surface area (Å²) in [6, 6.07) is 12.2. The standard InChI is InChI=1S/C27H27F3N4O4/c1-31-14-16-8-20(27(28,29)30)12-21(9-16)33-26(37)18-3-2-17-4-5-22(11-19(17)10-18)38-23-6-7-32-24(13-23)34-25(36)15-35/h4-9,11-13,18,31,35H,2-3,10,14-15H2,1H3,(H,33,37)(H,32,34,36). The molecule has 4 N–H and O–H groups in total. The van der Waals surface area contributed by atoms with Crippen molar-refractivity contribution in [2.45, 2.75) is 32.0 Å². The molecule has 4 rings (SSSR count). The lowest BCUT2D eigenvalue weighted by molar-refractivity contribution is -0.137. The van der Waals surface area contributed by atoms with Gasteiger partial charge in [0.15, 0.2) is 0 Å². The number of carbonyl (C=O) groups is 2. The fourth-order valence-electron chi connectivity index (χ4n) is 4.36. The molecule has 2 amide bonds. The van der Waals surface area contributed by atoms with E-state index in [1.54, 1.807) is 19.2 Å². The van der Waals surface area contributed by atoms with Crippen LogP contribution in [0.15, 0.2) is 54.7 Å². The Morgan fingerprint density at radius 2 is 1.84 bits per heavy atom. The van der Waals surface area contributed by atoms with Gasteiger partial charge in [0, 0.05) is 30.4 Å². The third-order valence-corrected chi connectivity index (χ3v) is 6.12. The highest BCUT2D eigenvalue weighted by atomic mass is 19.4. The fraction of sp³-hybridized carbons (Fsp3) is 0.296. The summed E-state index contributed by atoms with van der Waals surface area (Å²) in [5, 5.41) is 16.8. The van der Waals surface area contributed by atoms with Gasteiger partial charge < -0.3 is 25.8 Å². The number of alkyl halides is 3. The molecular formula is C27H27F3N4O4. The lowest BCUT2D eigenvalue weighted by Gasteiger charge is -2.25. The normalized spacial score (nSPS) is 14.9. The van der Waals surface area contributed by atoms with E-state index in [0.717, 1.165) is 23.3 Å². The first-order valence-electron chi connectivity index (χ1n) is 12.0. The number of hydrogen-bond donors (Lipinski definition) is 4. The summed E-state index contributed by atoms with van der Waals surface area (Å²) in [4.78, 5) is 28.4. The van der Waals surface area contributed by atoms with Crippen LogP contribution in [0.25, 0.3) is 0 Å². The number of aliphatic hydroxyl groups is 1. The summed E-state index contributed by atoms with van der Waals surface area (Å²) in [7, 11) is 1.64. The fourth-order valence-corrected chi connectivity index (χ4v) is 4.36. The molecule has 0 saturated carbocycles. The van der Waals surface area contributed by atoms with Crippen molar-refractivity contribution in [3.8, 4) is 11.5 Å². The van der Waals surface area contributed by atoms with E-state index in [2.05, 4.69) is 20.9 Å². The Morgan fingerprint density at radius 3 is 2.58 bits per heavy atom. The first kappa shape index (κ1) is 27.1. The van der Waals surface area contributed by atoms with Gasteiger partial charge in [0.2, 0.25) is 5.91 Å². The largest absolute Gasteiger partial charge is 0.457 e. The van der Waals surface area contributed by atoms with Crippen molar-refractivity contribution in [1.29, 1.82) is 0 Å². The molecule has 1 aromatic heterocycles. The third kappa shape index (κ3) is 6.87. The number of anilines is 2. The second-order valence-electron chi connectivity index (χ2n) is 8.99. The van der Waals surface area contributed by atoms with Gasteiger partial charge in [-0.15, -0.1) is 0 Å². The Hall–Kier alpha value is -3.96. The molecule has 200 valence electrons. The van der Waals surface area contributed by atoms with E-state index in [0.29, 0.717) is 36.3 Å². The summed E-state index contributed by atoms with van der Waals surface area (Å²) in [6.45, 7) is -0.434. The first-order valence-corrected chi connectivity index (χ1v) is 12.0. The lowest BCUT2D eigenvalue weighted by Crippen LogP contribution is -2.28. The number of benzene rings is 2. The average Bonchev–Trinajstić information content (AvgIpc) is 2.88. The van der Waals surface area contributed by atoms with Crippen LogP contribution in [0, 0.1) is 5.92 Å². The highest BCUT2D eigenvalue weighted by molar-refractivity contribution is 5.93. The number of ether oxygens (including phenoxy) is 1. The molecule has 2 aromatic carbocycles. The number of pyridine rings is 1. The number of aryl methyl sites for hydroxylation is 1. The van der Waals surface area contributed by atoms with Crippen LogP contribution in [0.3, 0.4) is 0 Å². The number of rotatable bonds is 8. The van der Waals surface area contributed by atoms with E-state index < -0.39 is 30.2 Å². The van der Waals surface area contributed by atoms with Crippen molar-refractivity contribution in [3.05, 3.63) is 77.0 Å². The zero-order valence-corrected chi connectivity index (χ0v) is 20.6. The summed E-state index contributed by atoms with van der Waals surface area (Å²) < 4.78 is 46.0. The predicted molar refractivity (Wildman–Crippen MR) is 135 cm³/mol. The van der Waals surface area contributed by atoms with E-state index in [-0.39, 0.29) is 24.0 Å². The number of aliphatic hydroxyl groups excluding tert-OH is 1. The van der Waals surface area contributed by atoms with E-state index in [9.17, 15) is 22.8 Å². The second kappa shape index (κ2) is 11.6. The van der Waals surface area contributed by atoms with Gasteiger partial charge in [0.05, 0.1) is 5.56 Å². The predicted octanol–water partition coefficient (Wildman–Crippen LogP) is 4.29. The Kier molecular flexibility index (Phi) is 8.28.